The van der Waals surface area contributed by atoms with Crippen LogP contribution in [-0.4, -0.2) is 23.4 Å². The van der Waals surface area contributed by atoms with Gasteiger partial charge in [0.15, 0.2) is 17.5 Å². The van der Waals surface area contributed by atoms with E-state index >= 15 is 0 Å². The fourth-order valence-electron chi connectivity index (χ4n) is 6.23. The lowest BCUT2D eigenvalue weighted by Gasteiger charge is -2.08. The van der Waals surface area contributed by atoms with E-state index in [2.05, 4.69) is 6.07 Å². The number of aromatic nitrogens is 3. The van der Waals surface area contributed by atoms with Crippen molar-refractivity contribution < 1.29 is 12.8 Å². The van der Waals surface area contributed by atoms with Gasteiger partial charge in [-0.05, 0) is 53.6 Å². The number of hydrogen-bond acceptors (Lipinski definition) is 6. The summed E-state index contributed by atoms with van der Waals surface area (Å²) >= 11 is 0. The van der Waals surface area contributed by atoms with Crippen LogP contribution in [0.5, 0.6) is 0 Å². The Morgan fingerprint density at radius 1 is 0.413 bits per heavy atom. The van der Waals surface area contributed by atoms with Gasteiger partial charge in [0.05, 0.1) is 9.79 Å². The molecule has 2 aromatic heterocycles. The van der Waals surface area contributed by atoms with Gasteiger partial charge in [-0.25, -0.2) is 23.4 Å². The first kappa shape index (κ1) is 26.5. The Labute approximate surface area is 264 Å². The average Bonchev–Trinajstić information content (AvgIpc) is 3.59. The van der Waals surface area contributed by atoms with E-state index < -0.39 is 9.84 Å². The third-order valence-corrected chi connectivity index (χ3v) is 10.4. The normalized spacial score (nSPS) is 13.1. The highest BCUT2D eigenvalue weighted by atomic mass is 32.2. The summed E-state index contributed by atoms with van der Waals surface area (Å²) in [5.41, 5.74) is 7.51. The standard InChI is InChI=1S/C39H23N3O3S/c43-46(44)35-14-8-7-13-30(35)32-22-27(17-20-36(32)46)26-16-19-33-31(21-26)29-18-15-28(23-34(29)45-33)39-41-37(24-9-3-1-4-10-24)40-38(42-39)25-11-5-2-6-12-25/h1-23H. The second kappa shape index (κ2) is 10.1. The lowest BCUT2D eigenvalue weighted by atomic mass is 9.98. The van der Waals surface area contributed by atoms with Gasteiger partial charge in [-0.2, -0.15) is 0 Å². The lowest BCUT2D eigenvalue weighted by molar-refractivity contribution is 0.598. The predicted octanol–water partition coefficient (Wildman–Crippen LogP) is 9.25. The first-order chi connectivity index (χ1) is 22.5. The summed E-state index contributed by atoms with van der Waals surface area (Å²) in [6.45, 7) is 0. The third-order valence-electron chi connectivity index (χ3n) is 8.50. The van der Waals surface area contributed by atoms with Crippen LogP contribution < -0.4 is 0 Å². The first-order valence-corrected chi connectivity index (χ1v) is 16.3. The van der Waals surface area contributed by atoms with E-state index in [4.69, 9.17) is 19.4 Å². The molecule has 218 valence electrons. The summed E-state index contributed by atoms with van der Waals surface area (Å²) in [6, 6.07) is 44.6. The van der Waals surface area contributed by atoms with E-state index in [1.54, 1.807) is 18.2 Å². The first-order valence-electron chi connectivity index (χ1n) is 14.9. The van der Waals surface area contributed by atoms with Crippen molar-refractivity contribution in [3.8, 4) is 56.4 Å². The van der Waals surface area contributed by atoms with Crippen molar-refractivity contribution in [2.45, 2.75) is 9.79 Å². The Bertz CT molecular complexity index is 2540. The van der Waals surface area contributed by atoms with E-state index in [1.807, 2.05) is 115 Å². The zero-order valence-electron chi connectivity index (χ0n) is 24.3. The molecular weight excluding hydrogens is 591 g/mol. The topological polar surface area (TPSA) is 86.0 Å². The molecule has 7 heteroatoms. The van der Waals surface area contributed by atoms with Crippen LogP contribution in [0.25, 0.3) is 78.4 Å². The third kappa shape index (κ3) is 4.17. The molecule has 0 radical (unpaired) electrons. The molecule has 0 fully saturated rings. The number of fused-ring (bicyclic) bond motifs is 6. The quantitative estimate of drug-likeness (QED) is 0.197. The molecule has 0 spiro atoms. The highest BCUT2D eigenvalue weighted by Gasteiger charge is 2.32. The van der Waals surface area contributed by atoms with Crippen molar-refractivity contribution in [3.63, 3.8) is 0 Å². The van der Waals surface area contributed by atoms with Crippen molar-refractivity contribution >= 4 is 31.8 Å². The van der Waals surface area contributed by atoms with Crippen molar-refractivity contribution in [1.82, 2.24) is 15.0 Å². The monoisotopic (exact) mass is 613 g/mol. The maximum atomic E-state index is 13.1. The Kier molecular flexibility index (Phi) is 5.79. The maximum Gasteiger partial charge on any atom is 0.207 e. The minimum atomic E-state index is -3.51. The highest BCUT2D eigenvalue weighted by Crippen LogP contribution is 2.45. The zero-order valence-corrected chi connectivity index (χ0v) is 25.1. The molecule has 8 aromatic rings. The van der Waals surface area contributed by atoms with Crippen LogP contribution in [-0.2, 0) is 9.84 Å². The molecule has 0 saturated heterocycles. The van der Waals surface area contributed by atoms with Gasteiger partial charge in [-0.1, -0.05) is 97.1 Å². The molecule has 9 rings (SSSR count). The van der Waals surface area contributed by atoms with Gasteiger partial charge in [0.1, 0.15) is 11.2 Å². The van der Waals surface area contributed by atoms with Crippen molar-refractivity contribution in [1.29, 1.82) is 0 Å². The van der Waals surface area contributed by atoms with Crippen LogP contribution in [0.1, 0.15) is 0 Å². The molecule has 46 heavy (non-hydrogen) atoms. The molecule has 0 N–H and O–H groups in total. The van der Waals surface area contributed by atoms with Gasteiger partial charge in [0, 0.05) is 38.6 Å². The second-order valence-corrected chi connectivity index (χ2v) is 13.2. The molecule has 3 heterocycles. The van der Waals surface area contributed by atoms with Crippen LogP contribution in [0.15, 0.2) is 154 Å². The molecular formula is C39H23N3O3S. The molecule has 0 aliphatic carbocycles. The fourth-order valence-corrected chi connectivity index (χ4v) is 7.90. The summed E-state index contributed by atoms with van der Waals surface area (Å²) < 4.78 is 32.5. The number of nitrogens with zero attached hydrogens (tertiary/aromatic N) is 3. The Morgan fingerprint density at radius 2 is 0.978 bits per heavy atom. The Morgan fingerprint density at radius 3 is 1.70 bits per heavy atom. The molecule has 0 amide bonds. The van der Waals surface area contributed by atoms with Crippen molar-refractivity contribution in [2.75, 3.05) is 0 Å². The van der Waals surface area contributed by atoms with Crippen LogP contribution >= 0.6 is 0 Å². The average molecular weight is 614 g/mol. The molecule has 6 aromatic carbocycles. The summed E-state index contributed by atoms with van der Waals surface area (Å²) in [5.74, 6) is 1.76. The van der Waals surface area contributed by atoms with Crippen LogP contribution in [0, 0.1) is 0 Å². The molecule has 1 aliphatic rings. The van der Waals surface area contributed by atoms with Crippen LogP contribution in [0.3, 0.4) is 0 Å². The summed E-state index contributed by atoms with van der Waals surface area (Å²) in [5, 5.41) is 1.94. The molecule has 0 unspecified atom stereocenters. The fraction of sp³-hybridized carbons (Fsp3) is 0. The van der Waals surface area contributed by atoms with E-state index in [9.17, 15) is 8.42 Å². The number of rotatable bonds is 4. The van der Waals surface area contributed by atoms with Gasteiger partial charge in [-0.15, -0.1) is 0 Å². The number of furan rings is 1. The Hall–Kier alpha value is -5.92. The zero-order chi connectivity index (χ0) is 30.8. The summed E-state index contributed by atoms with van der Waals surface area (Å²) in [6.07, 6.45) is 0. The van der Waals surface area contributed by atoms with E-state index in [-0.39, 0.29) is 0 Å². The van der Waals surface area contributed by atoms with Crippen LogP contribution in [0.2, 0.25) is 0 Å². The molecule has 1 aliphatic heterocycles. The molecule has 0 bridgehead atoms. The minimum absolute atomic E-state index is 0.351. The second-order valence-electron chi connectivity index (χ2n) is 11.3. The van der Waals surface area contributed by atoms with Crippen molar-refractivity contribution in [2.24, 2.45) is 0 Å². The van der Waals surface area contributed by atoms with E-state index in [0.29, 0.717) is 27.3 Å². The number of sulfone groups is 1. The van der Waals surface area contributed by atoms with Crippen molar-refractivity contribution in [3.05, 3.63) is 140 Å². The van der Waals surface area contributed by atoms with Gasteiger partial charge in [0.2, 0.25) is 9.84 Å². The lowest BCUT2D eigenvalue weighted by Crippen LogP contribution is -2.00. The van der Waals surface area contributed by atoms with E-state index in [1.165, 1.54) is 0 Å². The maximum absolute atomic E-state index is 13.1. The molecule has 6 nitrogen and oxygen atoms in total. The Balaban J connectivity index is 1.14. The largest absolute Gasteiger partial charge is 0.456 e. The predicted molar refractivity (Wildman–Crippen MR) is 180 cm³/mol. The minimum Gasteiger partial charge on any atom is -0.456 e. The summed E-state index contributed by atoms with van der Waals surface area (Å²) in [7, 11) is -3.51. The SMILES string of the molecule is O=S1(=O)c2ccccc2-c2cc(-c3ccc4oc5cc(-c6nc(-c7ccccc7)nc(-c7ccccc7)n6)ccc5c4c3)ccc21. The van der Waals surface area contributed by atoms with Gasteiger partial charge >= 0.3 is 0 Å². The summed E-state index contributed by atoms with van der Waals surface area (Å²) in [4.78, 5) is 15.2. The molecule has 0 atom stereocenters. The number of hydrogen-bond donors (Lipinski definition) is 0. The number of benzene rings is 6. The van der Waals surface area contributed by atoms with E-state index in [0.717, 1.165) is 60.9 Å². The smallest absolute Gasteiger partial charge is 0.207 e. The molecule has 0 saturated carbocycles. The highest BCUT2D eigenvalue weighted by molar-refractivity contribution is 7.92. The van der Waals surface area contributed by atoms with Gasteiger partial charge in [-0.3, -0.25) is 0 Å². The van der Waals surface area contributed by atoms with Crippen LogP contribution in [0.4, 0.5) is 0 Å². The van der Waals surface area contributed by atoms with Gasteiger partial charge < -0.3 is 4.42 Å². The van der Waals surface area contributed by atoms with Gasteiger partial charge in [0.25, 0.3) is 0 Å².